The maximum Gasteiger partial charge on any atom is -0.147 e. The van der Waals surface area contributed by atoms with Crippen LogP contribution in [0.3, 0.4) is 0 Å². The Morgan fingerprint density at radius 1 is 0.552 bits per heavy atom. The standard InChI is InChI=1S/C31H31Cl2Si2.C15H14.C5H5.2ClH.Zr/c1-34(2,3)30-18-26-22(16-28(30)20-7-11-24(32)12-8-20)15-23-17-29(21-9-13-25(33)14-10-21)31(19-27(23)26)35(4,5)6;1-3-8-14(9-4-1)12-7-13-15-10-5-2-6-11-15;1-2-4-5-3-1;;;/h7-19H,1-6H3;1-6,8-11H,12-13H2;1-3H,4H2;2*1H;. The summed E-state index contributed by atoms with van der Waals surface area (Å²) in [6, 6.07) is 50.3. The Bertz CT molecular complexity index is 2350. The van der Waals surface area contributed by atoms with Gasteiger partial charge in [-0.1, -0.05) is 0 Å². The summed E-state index contributed by atoms with van der Waals surface area (Å²) in [5.41, 5.74) is 14.1. The molecule has 0 nitrogen and oxygen atoms in total. The van der Waals surface area contributed by atoms with Gasteiger partial charge in [-0.05, 0) is 0 Å². The van der Waals surface area contributed by atoms with Crippen molar-refractivity contribution < 1.29 is 21.3 Å². The molecule has 0 aromatic heterocycles. The quantitative estimate of drug-likeness (QED) is 0.120. The topological polar surface area (TPSA) is 0 Å². The third kappa shape index (κ3) is 9.38. The molecule has 8 rings (SSSR count). The smallest absolute Gasteiger partial charge is 0.147 e. The molecular formula is C51H52Cl4Si2Zr. The zero-order valence-electron chi connectivity index (χ0n) is 34.2. The summed E-state index contributed by atoms with van der Waals surface area (Å²) in [6.45, 7) is 15.0. The third-order valence-corrected chi connectivity index (χ3v) is 24.4. The van der Waals surface area contributed by atoms with E-state index in [4.69, 9.17) is 23.2 Å². The van der Waals surface area contributed by atoms with E-state index in [1.807, 2.05) is 0 Å². The fourth-order valence-electron chi connectivity index (χ4n) is 8.83. The molecule has 7 heteroatoms. The fraction of sp³-hybridized carbons (Fsp3) is 0.196. The molecule has 0 saturated heterocycles. The molecule has 0 amide bonds. The summed E-state index contributed by atoms with van der Waals surface area (Å²) in [5, 5.41) is 4.60. The van der Waals surface area contributed by atoms with Crippen LogP contribution in [0.15, 0.2) is 155 Å². The summed E-state index contributed by atoms with van der Waals surface area (Å²) < 4.78 is 3.79. The number of halogens is 4. The third-order valence-electron chi connectivity index (χ3n) is 11.5. The van der Waals surface area contributed by atoms with Gasteiger partial charge in [0, 0.05) is 0 Å². The monoisotopic (exact) mass is 950 g/mol. The molecule has 2 aliphatic carbocycles. The summed E-state index contributed by atoms with van der Waals surface area (Å²) in [5.74, 6) is 0. The van der Waals surface area contributed by atoms with Crippen molar-refractivity contribution in [1.29, 1.82) is 0 Å². The molecule has 0 unspecified atom stereocenters. The van der Waals surface area contributed by atoms with Crippen LogP contribution in [0.2, 0.25) is 49.3 Å². The zero-order chi connectivity index (χ0) is 39.2. The molecule has 58 heavy (non-hydrogen) atoms. The molecular weight excluding hydrogens is 902 g/mol. The molecule has 296 valence electrons. The Labute approximate surface area is 378 Å². The molecule has 0 bridgehead atoms. The van der Waals surface area contributed by atoms with Crippen LogP contribution in [-0.2, 0) is 34.1 Å². The largest absolute Gasteiger partial charge is 0.147 e. The molecule has 0 radical (unpaired) electrons. The van der Waals surface area contributed by atoms with E-state index < -0.39 is 37.4 Å². The molecule has 0 saturated carbocycles. The first-order valence-corrected chi connectivity index (χ1v) is 31.5. The zero-order valence-corrected chi connectivity index (χ0v) is 41.8. The molecule has 0 N–H and O–H groups in total. The first-order valence-electron chi connectivity index (χ1n) is 19.9. The minimum absolute atomic E-state index is 0. The van der Waals surface area contributed by atoms with Gasteiger partial charge in [-0.15, -0.1) is 24.8 Å². The maximum absolute atomic E-state index is 6.51. The number of hydrogen-bond donors (Lipinski definition) is 0. The normalized spacial score (nSPS) is 13.3. The van der Waals surface area contributed by atoms with E-state index in [1.54, 1.807) is 6.49 Å². The van der Waals surface area contributed by atoms with E-state index in [1.165, 1.54) is 66.0 Å². The van der Waals surface area contributed by atoms with Crippen LogP contribution in [0, 0.1) is 0 Å². The van der Waals surface area contributed by atoms with E-state index in [-0.39, 0.29) is 24.8 Å². The Balaban J connectivity index is 0.00000283. The second-order valence-corrected chi connectivity index (χ2v) is 35.3. The first kappa shape index (κ1) is 44.7. The van der Waals surface area contributed by atoms with Crippen LogP contribution < -0.4 is 10.4 Å². The number of fused-ring (bicyclic) bond motifs is 3. The van der Waals surface area contributed by atoms with Crippen molar-refractivity contribution >= 4 is 77.7 Å². The first-order chi connectivity index (χ1) is 26.8. The summed E-state index contributed by atoms with van der Waals surface area (Å²) in [7, 11) is -3.61. The molecule has 0 spiro atoms. The van der Waals surface area contributed by atoms with Crippen molar-refractivity contribution in [3.05, 3.63) is 187 Å². The molecule has 6 aromatic carbocycles. The second kappa shape index (κ2) is 18.4. The molecule has 0 heterocycles. The number of allylic oxidation sites excluding steroid dienone is 4. The Morgan fingerprint density at radius 3 is 1.33 bits per heavy atom. The SMILES string of the molecule is C[Si](C)(C)c1cc2c(cc1-c1ccc(Cl)cc1)[CH]([Zr]([C]1=CC=CC1)=[C](Cc1ccccc1)Cc1ccccc1)c1cc(-c3ccc(Cl)cc3)c([Si](C)(C)C)cc1-2.Cl.Cl. The van der Waals surface area contributed by atoms with Crippen LogP contribution in [0.4, 0.5) is 0 Å². The van der Waals surface area contributed by atoms with Gasteiger partial charge in [0.05, 0.1) is 0 Å². The van der Waals surface area contributed by atoms with Crippen LogP contribution >= 0.6 is 48.0 Å². The molecule has 0 fully saturated rings. The minimum atomic E-state index is -2.82. The summed E-state index contributed by atoms with van der Waals surface area (Å²) >= 11 is 10.2. The minimum Gasteiger partial charge on any atom is -0.147 e. The summed E-state index contributed by atoms with van der Waals surface area (Å²) in [6.07, 6.45) is 10.3. The van der Waals surface area contributed by atoms with E-state index >= 15 is 0 Å². The number of hydrogen-bond acceptors (Lipinski definition) is 0. The van der Waals surface area contributed by atoms with Crippen molar-refractivity contribution in [1.82, 2.24) is 0 Å². The Kier molecular flexibility index (Phi) is 14.2. The van der Waals surface area contributed by atoms with Crippen LogP contribution in [0.1, 0.15) is 32.3 Å². The van der Waals surface area contributed by atoms with Gasteiger partial charge in [-0.25, -0.2) is 0 Å². The van der Waals surface area contributed by atoms with Gasteiger partial charge in [-0.3, -0.25) is 0 Å². The van der Waals surface area contributed by atoms with E-state index in [0.29, 0.717) is 3.63 Å². The van der Waals surface area contributed by atoms with Gasteiger partial charge in [0.1, 0.15) is 0 Å². The van der Waals surface area contributed by atoms with Gasteiger partial charge < -0.3 is 0 Å². The number of benzene rings is 6. The van der Waals surface area contributed by atoms with Gasteiger partial charge in [0.15, 0.2) is 0 Å². The van der Waals surface area contributed by atoms with Crippen molar-refractivity contribution in [2.24, 2.45) is 0 Å². The van der Waals surface area contributed by atoms with Crippen LogP contribution in [-0.4, -0.2) is 19.4 Å². The Hall–Kier alpha value is -2.85. The number of rotatable bonds is 10. The average Bonchev–Trinajstić information content (AvgIpc) is 3.81. The van der Waals surface area contributed by atoms with E-state index in [0.717, 1.165) is 29.3 Å². The van der Waals surface area contributed by atoms with E-state index in [9.17, 15) is 0 Å². The van der Waals surface area contributed by atoms with Gasteiger partial charge >= 0.3 is 357 Å². The fourth-order valence-corrected chi connectivity index (χ4v) is 21.5. The van der Waals surface area contributed by atoms with Crippen molar-refractivity contribution in [3.63, 3.8) is 0 Å². The maximum atomic E-state index is 6.51. The van der Waals surface area contributed by atoms with Crippen molar-refractivity contribution in [3.8, 4) is 33.4 Å². The van der Waals surface area contributed by atoms with E-state index in [2.05, 4.69) is 191 Å². The van der Waals surface area contributed by atoms with Crippen molar-refractivity contribution in [2.45, 2.75) is 62.2 Å². The van der Waals surface area contributed by atoms with Crippen LogP contribution in [0.5, 0.6) is 0 Å². The van der Waals surface area contributed by atoms with Crippen LogP contribution in [0.25, 0.3) is 33.4 Å². The summed E-state index contributed by atoms with van der Waals surface area (Å²) in [4.78, 5) is 0. The van der Waals surface area contributed by atoms with Gasteiger partial charge in [0.2, 0.25) is 0 Å². The molecule has 2 aliphatic rings. The molecule has 0 atom stereocenters. The van der Waals surface area contributed by atoms with Crippen molar-refractivity contribution in [2.75, 3.05) is 0 Å². The van der Waals surface area contributed by atoms with Gasteiger partial charge in [0.25, 0.3) is 0 Å². The Morgan fingerprint density at radius 2 is 0.966 bits per heavy atom. The predicted octanol–water partition coefficient (Wildman–Crippen LogP) is 14.5. The molecule has 0 aliphatic heterocycles. The second-order valence-electron chi connectivity index (χ2n) is 17.6. The average molecular weight is 954 g/mol. The predicted molar refractivity (Wildman–Crippen MR) is 262 cm³/mol. The van der Waals surface area contributed by atoms with Gasteiger partial charge in [-0.2, -0.15) is 0 Å². The molecule has 6 aromatic rings.